The molecule has 0 aromatic carbocycles. The molecule has 19 heavy (non-hydrogen) atoms. The van der Waals surface area contributed by atoms with Crippen molar-refractivity contribution in [2.45, 2.75) is 0 Å². The number of carbonyl (C=O) groups excluding carboxylic acids is 2. The van der Waals surface area contributed by atoms with Crippen molar-refractivity contribution in [3.63, 3.8) is 0 Å². The minimum atomic E-state index is -0.967. The van der Waals surface area contributed by atoms with Crippen LogP contribution in [0, 0.1) is 0 Å². The molecule has 0 spiro atoms. The van der Waals surface area contributed by atoms with Crippen LogP contribution in [0.2, 0.25) is 0 Å². The highest BCUT2D eigenvalue weighted by Crippen LogP contribution is 2.25. The quantitative estimate of drug-likeness (QED) is 0.741. The predicted molar refractivity (Wildman–Crippen MR) is 64.1 cm³/mol. The van der Waals surface area contributed by atoms with Crippen molar-refractivity contribution in [2.75, 3.05) is 5.32 Å². The van der Waals surface area contributed by atoms with Crippen LogP contribution < -0.4 is 15.8 Å². The Morgan fingerprint density at radius 3 is 2.89 bits per heavy atom. The molecule has 0 fully saturated rings. The normalized spacial score (nSPS) is 9.95. The van der Waals surface area contributed by atoms with Crippen molar-refractivity contribution in [1.29, 1.82) is 0 Å². The van der Waals surface area contributed by atoms with Gasteiger partial charge >= 0.3 is 6.09 Å². The maximum Gasteiger partial charge on any atom is 0.411 e. The van der Waals surface area contributed by atoms with Crippen LogP contribution in [-0.2, 0) is 11.8 Å². The van der Waals surface area contributed by atoms with Crippen molar-refractivity contribution >= 4 is 18.2 Å². The number of nitrogens with one attached hydrogen (secondary N) is 1. The van der Waals surface area contributed by atoms with Crippen LogP contribution >= 0.6 is 0 Å². The van der Waals surface area contributed by atoms with Crippen LogP contribution in [0.3, 0.4) is 0 Å². The maximum absolute atomic E-state index is 10.8. The second kappa shape index (κ2) is 5.12. The fraction of sp³-hybridized carbons (Fsp3) is 0.100. The van der Waals surface area contributed by atoms with E-state index in [1.165, 1.54) is 10.9 Å². The summed E-state index contributed by atoms with van der Waals surface area (Å²) < 4.78 is 6.08. The number of carbonyl (C=O) groups is 2. The predicted octanol–water partition coefficient (Wildman–Crippen LogP) is -0.0971. The highest BCUT2D eigenvalue weighted by atomic mass is 16.6. The number of ether oxygens (including phenoxy) is 1. The van der Waals surface area contributed by atoms with Crippen LogP contribution in [0.4, 0.5) is 10.5 Å². The molecule has 0 bridgehead atoms. The average molecular weight is 262 g/mol. The summed E-state index contributed by atoms with van der Waals surface area (Å²) >= 11 is 0. The third kappa shape index (κ3) is 2.65. The molecule has 2 rings (SSSR count). The zero-order valence-electron chi connectivity index (χ0n) is 9.90. The van der Waals surface area contributed by atoms with E-state index < -0.39 is 6.09 Å². The van der Waals surface area contributed by atoms with Gasteiger partial charge in [0.2, 0.25) is 6.41 Å². The number of nitrogens with two attached hydrogens (primary N) is 1. The average Bonchev–Trinajstić information content (AvgIpc) is 2.72. The number of rotatable bonds is 4. The molecule has 2 aromatic heterocycles. The van der Waals surface area contributed by atoms with E-state index in [9.17, 15) is 9.59 Å². The zero-order chi connectivity index (χ0) is 13.8. The van der Waals surface area contributed by atoms with Gasteiger partial charge in [0.1, 0.15) is 0 Å². The molecule has 9 nitrogen and oxygen atoms in total. The SMILES string of the molecule is Cn1nnc(-c2ccc(NC=O)cn2)c1OC(N)=O. The van der Waals surface area contributed by atoms with Gasteiger partial charge in [-0.3, -0.25) is 9.78 Å². The lowest BCUT2D eigenvalue weighted by Gasteiger charge is -2.03. The Hall–Kier alpha value is -2.97. The molecule has 0 radical (unpaired) electrons. The first-order chi connectivity index (χ1) is 9.11. The zero-order valence-corrected chi connectivity index (χ0v) is 9.90. The van der Waals surface area contributed by atoms with E-state index in [-0.39, 0.29) is 11.6 Å². The molecule has 2 heterocycles. The highest BCUT2D eigenvalue weighted by Gasteiger charge is 2.17. The van der Waals surface area contributed by atoms with Crippen LogP contribution in [0.1, 0.15) is 0 Å². The fourth-order valence-corrected chi connectivity index (χ4v) is 1.41. The largest absolute Gasteiger partial charge is 0.411 e. The van der Waals surface area contributed by atoms with Crippen molar-refractivity contribution < 1.29 is 14.3 Å². The second-order valence-corrected chi connectivity index (χ2v) is 3.48. The van der Waals surface area contributed by atoms with Gasteiger partial charge in [0.25, 0.3) is 5.88 Å². The van der Waals surface area contributed by atoms with E-state index in [0.717, 1.165) is 0 Å². The molecule has 0 saturated heterocycles. The molecule has 2 aromatic rings. The number of hydrogen-bond acceptors (Lipinski definition) is 6. The lowest BCUT2D eigenvalue weighted by Crippen LogP contribution is -2.18. The number of primary amides is 1. The Labute approximate surface area is 107 Å². The van der Waals surface area contributed by atoms with E-state index in [1.807, 2.05) is 0 Å². The molecule has 0 atom stereocenters. The third-order valence-electron chi connectivity index (χ3n) is 2.20. The molecule has 0 aliphatic heterocycles. The first-order valence-corrected chi connectivity index (χ1v) is 5.15. The Balaban J connectivity index is 2.35. The molecule has 2 amide bonds. The number of pyridine rings is 1. The minimum absolute atomic E-state index is 0.0936. The first-order valence-electron chi connectivity index (χ1n) is 5.15. The Morgan fingerprint density at radius 1 is 1.53 bits per heavy atom. The summed E-state index contributed by atoms with van der Waals surface area (Å²) in [6.07, 6.45) is 1.01. The number of aromatic nitrogens is 4. The van der Waals surface area contributed by atoms with E-state index >= 15 is 0 Å². The third-order valence-corrected chi connectivity index (χ3v) is 2.20. The van der Waals surface area contributed by atoms with Gasteiger partial charge in [-0.1, -0.05) is 5.21 Å². The monoisotopic (exact) mass is 262 g/mol. The van der Waals surface area contributed by atoms with Gasteiger partial charge in [-0.15, -0.1) is 5.10 Å². The summed E-state index contributed by atoms with van der Waals surface area (Å²) in [7, 11) is 1.55. The standard InChI is InChI=1S/C10H10N6O3/c1-16-9(19-10(11)18)8(14-15-16)7-3-2-6(4-12-7)13-5-17/h2-5H,1H3,(H2,11,18)(H,13,17). The summed E-state index contributed by atoms with van der Waals surface area (Å²) in [4.78, 5) is 25.2. The van der Waals surface area contributed by atoms with E-state index in [1.54, 1.807) is 19.2 Å². The van der Waals surface area contributed by atoms with E-state index in [0.29, 0.717) is 17.8 Å². The minimum Gasteiger partial charge on any atom is -0.389 e. The molecule has 0 saturated carbocycles. The van der Waals surface area contributed by atoms with Gasteiger partial charge in [-0.05, 0) is 12.1 Å². The maximum atomic E-state index is 10.8. The van der Waals surface area contributed by atoms with Crippen molar-refractivity contribution in [2.24, 2.45) is 12.8 Å². The number of hydrogen-bond donors (Lipinski definition) is 2. The van der Waals surface area contributed by atoms with Crippen molar-refractivity contribution in [3.05, 3.63) is 18.3 Å². The number of anilines is 1. The summed E-state index contributed by atoms with van der Waals surface area (Å²) in [5.41, 5.74) is 6.20. The molecule has 0 unspecified atom stereocenters. The Bertz CT molecular complexity index is 606. The number of aryl methyl sites for hydroxylation is 1. The summed E-state index contributed by atoms with van der Waals surface area (Å²) in [6, 6.07) is 3.23. The number of nitrogens with zero attached hydrogens (tertiary/aromatic N) is 4. The van der Waals surface area contributed by atoms with Crippen LogP contribution in [0.15, 0.2) is 18.3 Å². The van der Waals surface area contributed by atoms with Crippen LogP contribution in [-0.4, -0.2) is 32.5 Å². The second-order valence-electron chi connectivity index (χ2n) is 3.48. The van der Waals surface area contributed by atoms with Crippen molar-refractivity contribution in [3.8, 4) is 17.3 Å². The molecule has 98 valence electrons. The lowest BCUT2D eigenvalue weighted by molar-refractivity contribution is -0.105. The van der Waals surface area contributed by atoms with Crippen molar-refractivity contribution in [1.82, 2.24) is 20.0 Å². The first kappa shape index (κ1) is 12.5. The van der Waals surface area contributed by atoms with Gasteiger partial charge in [-0.2, -0.15) is 0 Å². The summed E-state index contributed by atoms with van der Waals surface area (Å²) in [5.74, 6) is 0.0936. The number of amides is 2. The fourth-order valence-electron chi connectivity index (χ4n) is 1.41. The molecular weight excluding hydrogens is 252 g/mol. The van der Waals surface area contributed by atoms with E-state index in [4.69, 9.17) is 10.5 Å². The van der Waals surface area contributed by atoms with Gasteiger partial charge in [0, 0.05) is 7.05 Å². The molecular formula is C10H10N6O3. The molecule has 0 aliphatic rings. The lowest BCUT2D eigenvalue weighted by atomic mass is 10.2. The van der Waals surface area contributed by atoms with Crippen LogP contribution in [0.25, 0.3) is 11.4 Å². The highest BCUT2D eigenvalue weighted by molar-refractivity contribution is 5.73. The summed E-state index contributed by atoms with van der Waals surface area (Å²) in [6.45, 7) is 0. The van der Waals surface area contributed by atoms with Gasteiger partial charge < -0.3 is 15.8 Å². The molecule has 9 heteroatoms. The Kier molecular flexibility index (Phi) is 3.37. The Morgan fingerprint density at radius 2 is 2.32 bits per heavy atom. The van der Waals surface area contributed by atoms with Gasteiger partial charge in [-0.25, -0.2) is 9.48 Å². The van der Waals surface area contributed by atoms with Crippen LogP contribution in [0.5, 0.6) is 5.88 Å². The summed E-state index contributed by atoms with van der Waals surface area (Å²) in [5, 5.41) is 10.0. The smallest absolute Gasteiger partial charge is 0.389 e. The molecule has 0 aliphatic carbocycles. The topological polar surface area (TPSA) is 125 Å². The van der Waals surface area contributed by atoms with E-state index in [2.05, 4.69) is 20.6 Å². The molecule has 3 N–H and O–H groups in total. The van der Waals surface area contributed by atoms with Gasteiger partial charge in [0.05, 0.1) is 17.6 Å². The van der Waals surface area contributed by atoms with Gasteiger partial charge in [0.15, 0.2) is 5.69 Å².